The van der Waals surface area contributed by atoms with Gasteiger partial charge in [-0.2, -0.15) is 0 Å². The predicted octanol–water partition coefficient (Wildman–Crippen LogP) is 8.01. The molecule has 9 nitrogen and oxygen atoms in total. The second-order valence-corrected chi connectivity index (χ2v) is 20.8. The lowest BCUT2D eigenvalue weighted by Crippen LogP contribution is -2.54. The number of likely N-dealkylation sites (tertiary alicyclic amines) is 1. The summed E-state index contributed by atoms with van der Waals surface area (Å²) in [6, 6.07) is 2.14. The molecule has 1 aromatic rings. The quantitative estimate of drug-likeness (QED) is 0.113. The van der Waals surface area contributed by atoms with Crippen molar-refractivity contribution in [1.29, 1.82) is 0 Å². The summed E-state index contributed by atoms with van der Waals surface area (Å²) in [7, 11) is 0. The van der Waals surface area contributed by atoms with Gasteiger partial charge in [0.1, 0.15) is 5.71 Å². The first-order chi connectivity index (χ1) is 29.1. The van der Waals surface area contributed by atoms with E-state index >= 15 is 8.63 Å². The third kappa shape index (κ3) is 7.36. The number of aromatic nitrogens is 1. The van der Waals surface area contributed by atoms with Crippen LogP contribution in [0.2, 0.25) is 0 Å². The zero-order chi connectivity index (χ0) is 43.0. The van der Waals surface area contributed by atoms with Gasteiger partial charge in [0.15, 0.2) is 5.70 Å². The topological polar surface area (TPSA) is 98.8 Å². The van der Waals surface area contributed by atoms with Crippen molar-refractivity contribution in [3.8, 4) is 0 Å². The number of allylic oxidation sites excluding steroid dienone is 4. The minimum atomic E-state index is -4.03. The van der Waals surface area contributed by atoms with E-state index in [9.17, 15) is 14.7 Å². The fourth-order valence-electron chi connectivity index (χ4n) is 14.2. The number of carbonyl (C=O) groups is 2. The van der Waals surface area contributed by atoms with Crippen molar-refractivity contribution in [2.24, 2.45) is 35.0 Å². The van der Waals surface area contributed by atoms with Crippen molar-refractivity contribution >= 4 is 30.6 Å². The Balaban J connectivity index is 0.712. The number of ether oxygens (including phenoxy) is 1. The maximum absolute atomic E-state index is 15.7. The molecule has 2 saturated heterocycles. The number of halogens is 2. The Bertz CT molecular complexity index is 2110. The van der Waals surface area contributed by atoms with E-state index in [2.05, 4.69) is 49.3 Å². The third-order valence-corrected chi connectivity index (χ3v) is 17.2. The van der Waals surface area contributed by atoms with Gasteiger partial charge in [0.2, 0.25) is 11.8 Å². The van der Waals surface area contributed by atoms with Crippen LogP contribution in [-0.2, 0) is 14.3 Å². The van der Waals surface area contributed by atoms with Crippen molar-refractivity contribution in [2.45, 2.75) is 155 Å². The summed E-state index contributed by atoms with van der Waals surface area (Å²) >= 11 is 0. The van der Waals surface area contributed by atoms with Crippen LogP contribution in [0, 0.1) is 48.9 Å². The van der Waals surface area contributed by atoms with Crippen LogP contribution in [0.25, 0.3) is 6.08 Å². The molecule has 9 rings (SSSR count). The SMILES string of the molecule is CC1=C2CC3C(CC=C4CC(O)CCC43C)C2CCC12OC1CC(C)CN(CCNC(=O)CCCCCNC(=O)CCC3=[N+]4C(=Cc5c(C)cc(C)n5[B-]4(F)F)C=C3)C1C2C. The lowest BCUT2D eigenvalue weighted by atomic mass is 9.56. The number of aliphatic hydroxyl groups excluding tert-OH is 1. The Morgan fingerprint density at radius 2 is 1.80 bits per heavy atom. The number of nitrogens with one attached hydrogen (secondary N) is 2. The summed E-state index contributed by atoms with van der Waals surface area (Å²) in [6.07, 6.45) is 19.6. The first-order valence-corrected chi connectivity index (χ1v) is 23.9. The van der Waals surface area contributed by atoms with Crippen LogP contribution in [-0.4, -0.2) is 93.5 Å². The van der Waals surface area contributed by atoms with E-state index in [4.69, 9.17) is 4.74 Å². The van der Waals surface area contributed by atoms with Crippen LogP contribution < -0.4 is 10.6 Å². The number of rotatable bonds is 12. The van der Waals surface area contributed by atoms with Gasteiger partial charge in [0, 0.05) is 81.3 Å². The average molecular weight is 842 g/mol. The fourth-order valence-corrected chi connectivity index (χ4v) is 14.2. The Morgan fingerprint density at radius 1 is 1.02 bits per heavy atom. The van der Waals surface area contributed by atoms with Crippen molar-refractivity contribution < 1.29 is 32.6 Å². The standard InChI is InChI=1S/C49H70BF2N5O4/c1-30-24-44-47(34(5)49(61-44)20-18-39-40-15-11-35-26-38(58)17-19-48(35,6)42(40)28-41(39)33(49)4)55(29-30)23-22-54-45(59)10-8-7-9-21-53-46(60)16-14-36-12-13-37-27-43-31(2)25-32(3)56(43)50(51,52)57(36)37/h11-13,25,27,30,34,38-40,42,44,47,58H,7-10,14-24,26,28-29H2,1-6H3,(H,53,60)(H,54,59). The highest BCUT2D eigenvalue weighted by Crippen LogP contribution is 2.65. The van der Waals surface area contributed by atoms with E-state index in [-0.39, 0.29) is 47.9 Å². The lowest BCUT2D eigenvalue weighted by Gasteiger charge is -2.49. The zero-order valence-electron chi connectivity index (χ0n) is 37.6. The summed E-state index contributed by atoms with van der Waals surface area (Å²) in [4.78, 5) is 28.2. The Kier molecular flexibility index (Phi) is 11.5. The number of nitrogens with zero attached hydrogens (tertiary/aromatic N) is 3. The first-order valence-electron chi connectivity index (χ1n) is 23.9. The molecule has 0 radical (unpaired) electrons. The number of hydrogen-bond donors (Lipinski definition) is 3. The van der Waals surface area contributed by atoms with E-state index in [0.29, 0.717) is 77.9 Å². The summed E-state index contributed by atoms with van der Waals surface area (Å²) in [5.74, 6) is 2.90. The Labute approximate surface area is 362 Å². The van der Waals surface area contributed by atoms with Crippen molar-refractivity contribution in [2.75, 3.05) is 26.2 Å². The van der Waals surface area contributed by atoms with Crippen LogP contribution >= 0.6 is 0 Å². The molecule has 332 valence electrons. The highest BCUT2D eigenvalue weighted by molar-refractivity contribution is 6.58. The number of amides is 2. The third-order valence-electron chi connectivity index (χ3n) is 17.2. The summed E-state index contributed by atoms with van der Waals surface area (Å²) in [6.45, 7) is 12.2. The molecular formula is C49H70BF2N5O4. The molecule has 4 fully saturated rings. The molecule has 0 bridgehead atoms. The molecule has 1 aromatic heterocycles. The number of aliphatic hydroxyl groups is 1. The van der Waals surface area contributed by atoms with E-state index in [1.165, 1.54) is 24.0 Å². The van der Waals surface area contributed by atoms with E-state index in [0.717, 1.165) is 85.4 Å². The van der Waals surface area contributed by atoms with Gasteiger partial charge in [-0.1, -0.05) is 44.4 Å². The van der Waals surface area contributed by atoms with Gasteiger partial charge in [-0.25, -0.2) is 0 Å². The summed E-state index contributed by atoms with van der Waals surface area (Å²) in [5.41, 5.74) is 7.61. The number of hydrogen-bond acceptors (Lipinski definition) is 5. The molecule has 4 aliphatic heterocycles. The summed E-state index contributed by atoms with van der Waals surface area (Å²) in [5, 5.41) is 16.6. The molecule has 3 N–H and O–H groups in total. The van der Waals surface area contributed by atoms with Crippen LogP contribution in [0.15, 0.2) is 46.7 Å². The van der Waals surface area contributed by atoms with Crippen LogP contribution in [0.5, 0.6) is 0 Å². The van der Waals surface area contributed by atoms with Gasteiger partial charge in [0.25, 0.3) is 0 Å². The van der Waals surface area contributed by atoms with E-state index < -0.39 is 6.97 Å². The second-order valence-electron chi connectivity index (χ2n) is 20.8. The molecule has 2 amide bonds. The van der Waals surface area contributed by atoms with Crippen LogP contribution in [0.1, 0.15) is 135 Å². The molecule has 2 saturated carbocycles. The van der Waals surface area contributed by atoms with Crippen molar-refractivity contribution in [3.05, 3.63) is 63.7 Å². The zero-order valence-corrected chi connectivity index (χ0v) is 37.6. The minimum absolute atomic E-state index is 0.0711. The molecule has 5 heterocycles. The Morgan fingerprint density at radius 3 is 2.62 bits per heavy atom. The Hall–Kier alpha value is -3.35. The number of piperidine rings is 1. The van der Waals surface area contributed by atoms with E-state index in [1.54, 1.807) is 36.8 Å². The number of unbranched alkanes of at least 4 members (excludes halogenated alkanes) is 2. The number of carbonyl (C=O) groups excluding carboxylic acids is 2. The molecule has 12 heteroatoms. The molecular weight excluding hydrogens is 771 g/mol. The number of aryl methyl sites for hydroxylation is 2. The lowest BCUT2D eigenvalue weighted by molar-refractivity contribution is -0.362. The molecule has 0 aromatic carbocycles. The van der Waals surface area contributed by atoms with Crippen molar-refractivity contribution in [3.63, 3.8) is 0 Å². The largest absolute Gasteiger partial charge is 0.737 e. The smallest absolute Gasteiger partial charge is 0.394 e. The predicted molar refractivity (Wildman–Crippen MR) is 237 cm³/mol. The summed E-state index contributed by atoms with van der Waals surface area (Å²) < 4.78 is 41.0. The molecule has 10 unspecified atom stereocenters. The fraction of sp³-hybridized carbons (Fsp3) is 0.694. The second kappa shape index (κ2) is 16.3. The molecule has 61 heavy (non-hydrogen) atoms. The first kappa shape index (κ1) is 42.9. The average Bonchev–Trinajstić information content (AvgIpc) is 3.96. The van der Waals surface area contributed by atoms with Gasteiger partial charge in [-0.3, -0.25) is 14.5 Å². The highest BCUT2D eigenvalue weighted by atomic mass is 19.2. The van der Waals surface area contributed by atoms with Gasteiger partial charge < -0.3 is 38.1 Å². The minimum Gasteiger partial charge on any atom is -0.394 e. The molecule has 1 spiro atoms. The van der Waals surface area contributed by atoms with Gasteiger partial charge in [-0.05, 0) is 137 Å². The monoisotopic (exact) mass is 842 g/mol. The van der Waals surface area contributed by atoms with Gasteiger partial charge in [0.05, 0.1) is 17.8 Å². The van der Waals surface area contributed by atoms with Gasteiger partial charge >= 0.3 is 6.97 Å². The van der Waals surface area contributed by atoms with Crippen LogP contribution in [0.4, 0.5) is 8.63 Å². The highest BCUT2D eigenvalue weighted by Gasteiger charge is 2.62. The molecule has 4 aliphatic carbocycles. The normalized spacial score (nSPS) is 35.9. The molecule has 8 aliphatic rings. The van der Waals surface area contributed by atoms with Crippen LogP contribution in [0.3, 0.4) is 0 Å². The van der Waals surface area contributed by atoms with Gasteiger partial charge in [-0.15, -0.1) is 0 Å². The van der Waals surface area contributed by atoms with Crippen molar-refractivity contribution in [1.82, 2.24) is 20.0 Å². The number of fused-ring (bicyclic) bond motifs is 8. The maximum Gasteiger partial charge on any atom is 0.737 e. The molecule has 10 atom stereocenters. The maximum atomic E-state index is 15.7. The van der Waals surface area contributed by atoms with E-state index in [1.807, 2.05) is 6.92 Å².